The molecule has 40 heavy (non-hydrogen) atoms. The highest BCUT2D eigenvalue weighted by Gasteiger charge is 2.12. The van der Waals surface area contributed by atoms with Gasteiger partial charge in [-0.3, -0.25) is 50.5 Å². The zero-order valence-electron chi connectivity index (χ0n) is 21.5. The lowest BCUT2D eigenvalue weighted by Gasteiger charge is -2.09. The minimum Gasteiger partial charge on any atom is -0.325 e. The van der Waals surface area contributed by atoms with Crippen molar-refractivity contribution >= 4 is 70.0 Å². The molecule has 0 aliphatic rings. The van der Waals surface area contributed by atoms with Gasteiger partial charge < -0.3 is 10.6 Å². The summed E-state index contributed by atoms with van der Waals surface area (Å²) in [5.41, 5.74) is 9.82. The summed E-state index contributed by atoms with van der Waals surface area (Å²) >= 11 is 11.9. The Morgan fingerprint density at radius 1 is 0.450 bits per heavy atom. The highest BCUT2D eigenvalue weighted by Crippen LogP contribution is 2.21. The normalized spacial score (nSPS) is 10.2. The number of hydrogen-bond donors (Lipinski definition) is 6. The largest absolute Gasteiger partial charge is 0.325 e. The first-order chi connectivity index (χ1) is 19.1. The van der Waals surface area contributed by atoms with Crippen molar-refractivity contribution < 1.29 is 28.8 Å². The van der Waals surface area contributed by atoms with Crippen LogP contribution in [0, 0.1) is 0 Å². The maximum absolute atomic E-state index is 11.9. The van der Waals surface area contributed by atoms with Gasteiger partial charge in [0, 0.05) is 38.5 Å². The van der Waals surface area contributed by atoms with E-state index >= 15 is 0 Å². The lowest BCUT2D eigenvalue weighted by molar-refractivity contribution is -0.130. The first-order valence-electron chi connectivity index (χ1n) is 12.4. The van der Waals surface area contributed by atoms with Crippen LogP contribution in [-0.4, -0.2) is 35.4 Å². The van der Waals surface area contributed by atoms with Crippen molar-refractivity contribution in [2.75, 3.05) is 10.6 Å². The number of anilines is 2. The van der Waals surface area contributed by atoms with E-state index in [2.05, 4.69) is 32.3 Å². The zero-order chi connectivity index (χ0) is 29.3. The summed E-state index contributed by atoms with van der Waals surface area (Å²) in [7, 11) is 0. The third-order valence-corrected chi connectivity index (χ3v) is 5.85. The van der Waals surface area contributed by atoms with Crippen LogP contribution in [0.5, 0.6) is 0 Å². The topological polar surface area (TPSA) is 175 Å². The van der Waals surface area contributed by atoms with Gasteiger partial charge in [0.25, 0.3) is 0 Å². The molecule has 0 aliphatic heterocycles. The molecule has 0 unspecified atom stereocenters. The van der Waals surface area contributed by atoms with E-state index in [1.165, 1.54) is 0 Å². The average molecular weight is 593 g/mol. The van der Waals surface area contributed by atoms with Crippen LogP contribution in [0.15, 0.2) is 48.5 Å². The fraction of sp³-hybridized carbons (Fsp3) is 0.308. The van der Waals surface area contributed by atoms with Gasteiger partial charge in [0.1, 0.15) is 0 Å². The van der Waals surface area contributed by atoms with Gasteiger partial charge in [-0.15, -0.1) is 0 Å². The van der Waals surface area contributed by atoms with Gasteiger partial charge in [0.2, 0.25) is 35.4 Å². The summed E-state index contributed by atoms with van der Waals surface area (Å²) in [5, 5.41) is 5.94. The standard InChI is InChI=1S/C26H30Cl2N6O6/c27-17-7-1-3-9-19(17)29-21(35)13-15-25(39)33-31-23(37)11-5-6-12-24(38)32-34-26(40)16-14-22(36)30-20-10-4-2-8-18(20)28/h1-4,7-10H,5-6,11-16H2,(H,29,35)(H,30,36)(H,31,37)(H,32,38)(H,33,39)(H,34,40). The molecular formula is C26H30Cl2N6O6. The first kappa shape index (κ1) is 32.1. The van der Waals surface area contributed by atoms with Gasteiger partial charge in [-0.25, -0.2) is 0 Å². The SMILES string of the molecule is O=C(CCCCC(=O)NNC(=O)CCC(=O)Nc1ccccc1Cl)NNC(=O)CCC(=O)Nc1ccccc1Cl. The van der Waals surface area contributed by atoms with E-state index < -0.39 is 35.4 Å². The van der Waals surface area contributed by atoms with Crippen LogP contribution < -0.4 is 32.3 Å². The molecule has 0 radical (unpaired) electrons. The van der Waals surface area contributed by atoms with Crippen LogP contribution >= 0.6 is 23.2 Å². The smallest absolute Gasteiger partial charge is 0.238 e. The molecule has 2 aromatic rings. The van der Waals surface area contributed by atoms with Crippen molar-refractivity contribution in [3.05, 3.63) is 58.6 Å². The molecular weight excluding hydrogens is 563 g/mol. The number of nitrogens with one attached hydrogen (secondary N) is 6. The van der Waals surface area contributed by atoms with Gasteiger partial charge in [0.15, 0.2) is 0 Å². The van der Waals surface area contributed by atoms with Crippen molar-refractivity contribution in [3.63, 3.8) is 0 Å². The molecule has 0 fully saturated rings. The van der Waals surface area contributed by atoms with E-state index in [9.17, 15) is 28.8 Å². The fourth-order valence-electron chi connectivity index (χ4n) is 3.10. The number of halogens is 2. The number of rotatable bonds is 13. The van der Waals surface area contributed by atoms with Gasteiger partial charge in [-0.05, 0) is 37.1 Å². The van der Waals surface area contributed by atoms with E-state index in [1.54, 1.807) is 48.5 Å². The third-order valence-electron chi connectivity index (χ3n) is 5.19. The molecule has 0 spiro atoms. The Morgan fingerprint density at radius 3 is 1.10 bits per heavy atom. The molecule has 214 valence electrons. The van der Waals surface area contributed by atoms with Crippen molar-refractivity contribution in [1.29, 1.82) is 0 Å². The van der Waals surface area contributed by atoms with Gasteiger partial charge in [-0.2, -0.15) is 0 Å². The van der Waals surface area contributed by atoms with Gasteiger partial charge in [-0.1, -0.05) is 47.5 Å². The maximum atomic E-state index is 11.9. The molecule has 0 bridgehead atoms. The average Bonchev–Trinajstić information content (AvgIpc) is 2.93. The quantitative estimate of drug-likeness (QED) is 0.154. The Morgan fingerprint density at radius 2 is 0.750 bits per heavy atom. The van der Waals surface area contributed by atoms with Crippen molar-refractivity contribution in [1.82, 2.24) is 21.7 Å². The van der Waals surface area contributed by atoms with Crippen LogP contribution in [0.4, 0.5) is 11.4 Å². The molecule has 14 heteroatoms. The molecule has 0 aromatic heterocycles. The Labute approximate surface area is 240 Å². The van der Waals surface area contributed by atoms with E-state index in [1.807, 2.05) is 0 Å². The van der Waals surface area contributed by atoms with Gasteiger partial charge >= 0.3 is 0 Å². The summed E-state index contributed by atoms with van der Waals surface area (Å²) in [6.07, 6.45) is 0.309. The number of hydrogen-bond acceptors (Lipinski definition) is 6. The molecule has 6 N–H and O–H groups in total. The van der Waals surface area contributed by atoms with Crippen LogP contribution in [-0.2, 0) is 28.8 Å². The molecule has 0 heterocycles. The summed E-state index contributed by atoms with van der Waals surface area (Å²) < 4.78 is 0. The number of unbranched alkanes of at least 4 members (excludes halogenated alkanes) is 1. The molecule has 0 atom stereocenters. The van der Waals surface area contributed by atoms with Crippen LogP contribution in [0.1, 0.15) is 51.4 Å². The van der Waals surface area contributed by atoms with E-state index in [0.717, 1.165) is 0 Å². The highest BCUT2D eigenvalue weighted by molar-refractivity contribution is 6.34. The second kappa shape index (κ2) is 17.4. The molecule has 0 saturated heterocycles. The minimum atomic E-state index is -0.542. The van der Waals surface area contributed by atoms with Crippen LogP contribution in [0.3, 0.4) is 0 Å². The van der Waals surface area contributed by atoms with Crippen LogP contribution in [0.25, 0.3) is 0 Å². The number of carbonyl (C=O) groups is 6. The predicted molar refractivity (Wildman–Crippen MR) is 150 cm³/mol. The number of hydrazine groups is 2. The summed E-state index contributed by atoms with van der Waals surface area (Å²) in [5.74, 6) is -2.81. The Balaban J connectivity index is 1.49. The van der Waals surface area contributed by atoms with Gasteiger partial charge in [0.05, 0.1) is 21.4 Å². The molecule has 12 nitrogen and oxygen atoms in total. The zero-order valence-corrected chi connectivity index (χ0v) is 23.0. The minimum absolute atomic E-state index is 0.0491. The monoisotopic (exact) mass is 592 g/mol. The second-order valence-corrected chi connectivity index (χ2v) is 9.27. The van der Waals surface area contributed by atoms with Crippen molar-refractivity contribution in [2.45, 2.75) is 51.4 Å². The third kappa shape index (κ3) is 13.1. The van der Waals surface area contributed by atoms with Crippen molar-refractivity contribution in [2.24, 2.45) is 0 Å². The van der Waals surface area contributed by atoms with Crippen molar-refractivity contribution in [3.8, 4) is 0 Å². The van der Waals surface area contributed by atoms with Crippen LogP contribution in [0.2, 0.25) is 10.0 Å². The predicted octanol–water partition coefficient (Wildman–Crippen LogP) is 2.99. The Hall–Kier alpha value is -4.16. The van der Waals surface area contributed by atoms with E-state index in [0.29, 0.717) is 34.3 Å². The second-order valence-electron chi connectivity index (χ2n) is 8.46. The summed E-state index contributed by atoms with van der Waals surface area (Å²) in [6.45, 7) is 0. The molecule has 2 aromatic carbocycles. The van der Waals surface area contributed by atoms with E-state index in [4.69, 9.17) is 23.2 Å². The molecule has 2 rings (SSSR count). The highest BCUT2D eigenvalue weighted by atomic mass is 35.5. The number of para-hydroxylation sites is 2. The summed E-state index contributed by atoms with van der Waals surface area (Å²) in [4.78, 5) is 71.3. The summed E-state index contributed by atoms with van der Waals surface area (Å²) in [6, 6.07) is 13.4. The lowest BCUT2D eigenvalue weighted by atomic mass is 10.2. The Kier molecular flexibility index (Phi) is 14.0. The molecule has 0 aliphatic carbocycles. The first-order valence-corrected chi connectivity index (χ1v) is 13.1. The molecule has 6 amide bonds. The lowest BCUT2D eigenvalue weighted by Crippen LogP contribution is -2.42. The number of amides is 6. The molecule has 0 saturated carbocycles. The Bertz CT molecular complexity index is 1130. The number of benzene rings is 2. The number of carbonyl (C=O) groups excluding carboxylic acids is 6. The van der Waals surface area contributed by atoms with E-state index in [-0.39, 0.29) is 38.5 Å². The fourth-order valence-corrected chi connectivity index (χ4v) is 3.47. The maximum Gasteiger partial charge on any atom is 0.238 e.